The van der Waals surface area contributed by atoms with Gasteiger partial charge in [-0.15, -0.1) is 0 Å². The highest BCUT2D eigenvalue weighted by Gasteiger charge is 2.13. The minimum atomic E-state index is 0.376. The van der Waals surface area contributed by atoms with Crippen molar-refractivity contribution in [2.45, 2.75) is 40.2 Å². The molecule has 0 aliphatic rings. The molecular weight excluding hydrogens is 284 g/mol. The zero-order valence-corrected chi connectivity index (χ0v) is 14.6. The molecule has 1 rings (SSSR count). The maximum atomic E-state index is 4.57. The third-order valence-corrected chi connectivity index (χ3v) is 3.93. The SMILES string of the molecule is CCNc1nc(NC(CC)CSC)nc(N(CC)CC)n1. The Hall–Kier alpha value is -1.24. The van der Waals surface area contributed by atoms with E-state index in [1.165, 1.54) is 0 Å². The second-order valence-corrected chi connectivity index (χ2v) is 5.60. The summed E-state index contributed by atoms with van der Waals surface area (Å²) >= 11 is 1.83. The summed E-state index contributed by atoms with van der Waals surface area (Å²) in [6.45, 7) is 11.0. The molecule has 1 atom stereocenters. The molecule has 21 heavy (non-hydrogen) atoms. The Morgan fingerprint density at radius 1 is 1.05 bits per heavy atom. The van der Waals surface area contributed by atoms with Crippen LogP contribution < -0.4 is 15.5 Å². The minimum absolute atomic E-state index is 0.376. The lowest BCUT2D eigenvalue weighted by molar-refractivity contribution is 0.754. The molecule has 1 aromatic rings. The first kappa shape index (κ1) is 17.8. The second-order valence-electron chi connectivity index (χ2n) is 4.69. The Balaban J connectivity index is 3.00. The van der Waals surface area contributed by atoms with E-state index in [4.69, 9.17) is 0 Å². The van der Waals surface area contributed by atoms with Crippen LogP contribution in [0.4, 0.5) is 17.8 Å². The Labute approximate surface area is 132 Å². The number of aromatic nitrogens is 3. The molecule has 120 valence electrons. The molecule has 7 heteroatoms. The van der Waals surface area contributed by atoms with Gasteiger partial charge in [-0.2, -0.15) is 26.7 Å². The topological polar surface area (TPSA) is 66.0 Å². The summed E-state index contributed by atoms with van der Waals surface area (Å²) in [5, 5.41) is 6.60. The normalized spacial score (nSPS) is 12.0. The van der Waals surface area contributed by atoms with Gasteiger partial charge in [-0.05, 0) is 33.4 Å². The number of hydrogen-bond acceptors (Lipinski definition) is 7. The first-order valence-electron chi connectivity index (χ1n) is 7.68. The van der Waals surface area contributed by atoms with Crippen LogP contribution in [0, 0.1) is 0 Å². The number of nitrogens with zero attached hydrogens (tertiary/aromatic N) is 4. The molecule has 0 spiro atoms. The van der Waals surface area contributed by atoms with Crippen molar-refractivity contribution in [3.63, 3.8) is 0 Å². The summed E-state index contributed by atoms with van der Waals surface area (Å²) in [5.74, 6) is 3.06. The molecule has 1 unspecified atom stereocenters. The van der Waals surface area contributed by atoms with Crippen molar-refractivity contribution in [2.24, 2.45) is 0 Å². The number of rotatable bonds is 10. The molecule has 1 heterocycles. The van der Waals surface area contributed by atoms with Gasteiger partial charge in [-0.1, -0.05) is 6.92 Å². The lowest BCUT2D eigenvalue weighted by Crippen LogP contribution is -2.27. The van der Waals surface area contributed by atoms with Gasteiger partial charge in [0.2, 0.25) is 17.8 Å². The van der Waals surface area contributed by atoms with Crippen molar-refractivity contribution < 1.29 is 0 Å². The highest BCUT2D eigenvalue weighted by atomic mass is 32.2. The van der Waals surface area contributed by atoms with Crippen LogP contribution in [0.25, 0.3) is 0 Å². The van der Waals surface area contributed by atoms with Crippen molar-refractivity contribution in [1.29, 1.82) is 0 Å². The Morgan fingerprint density at radius 3 is 2.24 bits per heavy atom. The van der Waals surface area contributed by atoms with Gasteiger partial charge < -0.3 is 15.5 Å². The highest BCUT2D eigenvalue weighted by Crippen LogP contribution is 2.15. The molecule has 0 fully saturated rings. The monoisotopic (exact) mass is 312 g/mol. The van der Waals surface area contributed by atoms with E-state index in [1.54, 1.807) is 0 Å². The van der Waals surface area contributed by atoms with Crippen LogP contribution in [0.1, 0.15) is 34.1 Å². The van der Waals surface area contributed by atoms with Crippen LogP contribution in [0.15, 0.2) is 0 Å². The van der Waals surface area contributed by atoms with E-state index in [0.717, 1.165) is 37.8 Å². The molecule has 0 aliphatic heterocycles. The van der Waals surface area contributed by atoms with Crippen LogP contribution in [0.2, 0.25) is 0 Å². The number of anilines is 3. The average molecular weight is 312 g/mol. The van der Waals surface area contributed by atoms with Crippen LogP contribution in [-0.2, 0) is 0 Å². The third-order valence-electron chi connectivity index (χ3n) is 3.20. The highest BCUT2D eigenvalue weighted by molar-refractivity contribution is 7.98. The van der Waals surface area contributed by atoms with E-state index in [2.05, 4.69) is 57.5 Å². The zero-order valence-electron chi connectivity index (χ0n) is 13.8. The van der Waals surface area contributed by atoms with Gasteiger partial charge >= 0.3 is 0 Å². The summed E-state index contributed by atoms with van der Waals surface area (Å²) in [4.78, 5) is 15.7. The zero-order chi connectivity index (χ0) is 15.7. The molecule has 0 bridgehead atoms. The minimum Gasteiger partial charge on any atom is -0.354 e. The van der Waals surface area contributed by atoms with E-state index in [9.17, 15) is 0 Å². The fourth-order valence-electron chi connectivity index (χ4n) is 1.96. The van der Waals surface area contributed by atoms with Gasteiger partial charge in [0.1, 0.15) is 0 Å². The van der Waals surface area contributed by atoms with E-state index in [0.29, 0.717) is 17.9 Å². The maximum absolute atomic E-state index is 4.57. The van der Waals surface area contributed by atoms with Crippen molar-refractivity contribution in [2.75, 3.05) is 47.2 Å². The first-order valence-corrected chi connectivity index (χ1v) is 9.08. The molecule has 0 aromatic carbocycles. The predicted octanol–water partition coefficient (Wildman–Crippen LogP) is 2.70. The molecule has 0 saturated carbocycles. The number of hydrogen-bond donors (Lipinski definition) is 2. The van der Waals surface area contributed by atoms with E-state index in [-0.39, 0.29) is 0 Å². The van der Waals surface area contributed by atoms with Crippen molar-refractivity contribution >= 4 is 29.6 Å². The molecule has 0 amide bonds. The van der Waals surface area contributed by atoms with Crippen LogP contribution in [0.3, 0.4) is 0 Å². The fourth-order valence-corrected chi connectivity index (χ4v) is 2.68. The molecule has 2 N–H and O–H groups in total. The van der Waals surface area contributed by atoms with Crippen molar-refractivity contribution in [3.05, 3.63) is 0 Å². The van der Waals surface area contributed by atoms with Crippen LogP contribution in [-0.4, -0.2) is 52.6 Å². The second kappa shape index (κ2) is 9.65. The van der Waals surface area contributed by atoms with E-state index in [1.807, 2.05) is 18.7 Å². The summed E-state index contributed by atoms with van der Waals surface area (Å²) < 4.78 is 0. The smallest absolute Gasteiger partial charge is 0.231 e. The van der Waals surface area contributed by atoms with Gasteiger partial charge in [0.25, 0.3) is 0 Å². The lowest BCUT2D eigenvalue weighted by Gasteiger charge is -2.21. The van der Waals surface area contributed by atoms with Gasteiger partial charge in [-0.25, -0.2) is 0 Å². The first-order chi connectivity index (χ1) is 10.2. The molecule has 0 saturated heterocycles. The van der Waals surface area contributed by atoms with Gasteiger partial charge in [0, 0.05) is 31.4 Å². The third kappa shape index (κ3) is 5.57. The maximum Gasteiger partial charge on any atom is 0.231 e. The largest absolute Gasteiger partial charge is 0.354 e. The molecular formula is C14H28N6S. The van der Waals surface area contributed by atoms with E-state index >= 15 is 0 Å². The van der Waals surface area contributed by atoms with Gasteiger partial charge in [0.15, 0.2) is 0 Å². The van der Waals surface area contributed by atoms with Crippen LogP contribution >= 0.6 is 11.8 Å². The quantitative estimate of drug-likeness (QED) is 0.688. The standard InChI is InChI=1S/C14H28N6S/c1-6-11(10-21-5)16-13-17-12(15-7-2)18-14(19-13)20(8-3)9-4/h11H,6-10H2,1-5H3,(H2,15,16,17,18,19). The van der Waals surface area contributed by atoms with Crippen molar-refractivity contribution in [1.82, 2.24) is 15.0 Å². The number of thioether (sulfide) groups is 1. The summed E-state index contributed by atoms with van der Waals surface area (Å²) in [6, 6.07) is 0.376. The van der Waals surface area contributed by atoms with Gasteiger partial charge in [-0.3, -0.25) is 0 Å². The average Bonchev–Trinajstić information content (AvgIpc) is 2.48. The predicted molar refractivity (Wildman–Crippen MR) is 93.6 cm³/mol. The molecule has 0 aliphatic carbocycles. The Kier molecular flexibility index (Phi) is 8.19. The molecule has 0 radical (unpaired) electrons. The van der Waals surface area contributed by atoms with E-state index < -0.39 is 0 Å². The fraction of sp³-hybridized carbons (Fsp3) is 0.786. The summed E-state index contributed by atoms with van der Waals surface area (Å²) in [7, 11) is 0. The number of nitrogens with one attached hydrogen (secondary N) is 2. The summed E-state index contributed by atoms with van der Waals surface area (Å²) in [5.41, 5.74) is 0. The van der Waals surface area contributed by atoms with Crippen molar-refractivity contribution in [3.8, 4) is 0 Å². The Morgan fingerprint density at radius 2 is 1.71 bits per heavy atom. The molecule has 1 aromatic heterocycles. The Bertz CT molecular complexity index is 410. The van der Waals surface area contributed by atoms with Crippen LogP contribution in [0.5, 0.6) is 0 Å². The summed E-state index contributed by atoms with van der Waals surface area (Å²) in [6.07, 6.45) is 3.16. The van der Waals surface area contributed by atoms with Gasteiger partial charge in [0.05, 0.1) is 0 Å². The lowest BCUT2D eigenvalue weighted by atomic mass is 10.3. The molecule has 6 nitrogen and oxygen atoms in total.